The van der Waals surface area contributed by atoms with E-state index in [4.69, 9.17) is 0 Å². The predicted octanol–water partition coefficient (Wildman–Crippen LogP) is 2.78. The van der Waals surface area contributed by atoms with E-state index in [0.717, 1.165) is 12.8 Å². The molecule has 0 spiro atoms. The Morgan fingerprint density at radius 2 is 2.00 bits per heavy atom. The Balaban J connectivity index is 2.58. The second-order valence-corrected chi connectivity index (χ2v) is 3.72. The molecular weight excluding hydrogens is 115 g/mol. The molecule has 1 heteroatoms. The number of hydrogen-bond donors (Lipinski definition) is 0. The van der Waals surface area contributed by atoms with Crippen LogP contribution in [0.1, 0.15) is 33.6 Å². The zero-order chi connectivity index (χ0) is 7.07. The van der Waals surface area contributed by atoms with Crippen LogP contribution in [-0.4, -0.2) is 5.67 Å². The largest absolute Gasteiger partial charge is 0.244 e. The van der Waals surface area contributed by atoms with Crippen LogP contribution in [0.15, 0.2) is 0 Å². The van der Waals surface area contributed by atoms with Crippen molar-refractivity contribution in [1.82, 2.24) is 0 Å². The Hall–Kier alpha value is -0.0700. The van der Waals surface area contributed by atoms with Gasteiger partial charge in [-0.05, 0) is 31.6 Å². The molecule has 3 atom stereocenters. The van der Waals surface area contributed by atoms with Crippen LogP contribution in [0, 0.1) is 11.8 Å². The monoisotopic (exact) mass is 130 g/mol. The molecule has 0 aromatic rings. The summed E-state index contributed by atoms with van der Waals surface area (Å²) < 4.78 is 13.3. The summed E-state index contributed by atoms with van der Waals surface area (Å²) in [7, 11) is 0. The van der Waals surface area contributed by atoms with Gasteiger partial charge in [-0.15, -0.1) is 0 Å². The van der Waals surface area contributed by atoms with Gasteiger partial charge in [0, 0.05) is 0 Å². The molecule has 0 N–H and O–H groups in total. The summed E-state index contributed by atoms with van der Waals surface area (Å²) in [4.78, 5) is 0. The molecule has 3 unspecified atom stereocenters. The summed E-state index contributed by atoms with van der Waals surface area (Å²) in [5.41, 5.74) is -0.876. The minimum absolute atomic E-state index is 0.271. The normalized spacial score (nSPS) is 52.0. The second-order valence-electron chi connectivity index (χ2n) is 3.72. The number of hydrogen-bond acceptors (Lipinski definition) is 0. The van der Waals surface area contributed by atoms with Gasteiger partial charge in [-0.1, -0.05) is 13.8 Å². The summed E-state index contributed by atoms with van der Waals surface area (Å²) in [6.45, 7) is 5.85. The Kier molecular flexibility index (Phi) is 1.54. The zero-order valence-corrected chi connectivity index (χ0v) is 6.45. The molecule has 1 fully saturated rings. The van der Waals surface area contributed by atoms with Gasteiger partial charge in [0.05, 0.1) is 0 Å². The highest BCUT2D eigenvalue weighted by atomic mass is 19.1. The lowest BCUT2D eigenvalue weighted by Crippen LogP contribution is -2.20. The average Bonchev–Trinajstić information content (AvgIpc) is 1.79. The van der Waals surface area contributed by atoms with E-state index in [2.05, 4.69) is 6.92 Å². The van der Waals surface area contributed by atoms with Crippen molar-refractivity contribution in [2.75, 3.05) is 0 Å². The highest BCUT2D eigenvalue weighted by Crippen LogP contribution is 2.41. The minimum Gasteiger partial charge on any atom is -0.244 e. The quantitative estimate of drug-likeness (QED) is 0.473. The van der Waals surface area contributed by atoms with Crippen molar-refractivity contribution >= 4 is 0 Å². The smallest absolute Gasteiger partial charge is 0.111 e. The lowest BCUT2D eigenvalue weighted by molar-refractivity contribution is 0.142. The van der Waals surface area contributed by atoms with Crippen molar-refractivity contribution in [1.29, 1.82) is 0 Å². The van der Waals surface area contributed by atoms with Gasteiger partial charge in [-0.2, -0.15) is 0 Å². The van der Waals surface area contributed by atoms with E-state index in [1.54, 1.807) is 6.92 Å². The molecule has 0 amide bonds. The Morgan fingerprint density at radius 3 is 2.11 bits per heavy atom. The van der Waals surface area contributed by atoms with Crippen LogP contribution in [-0.2, 0) is 0 Å². The lowest BCUT2D eigenvalue weighted by Gasteiger charge is -2.17. The third-order valence-corrected chi connectivity index (χ3v) is 2.53. The van der Waals surface area contributed by atoms with E-state index in [-0.39, 0.29) is 5.92 Å². The maximum absolute atomic E-state index is 13.3. The molecule has 0 heterocycles. The van der Waals surface area contributed by atoms with E-state index in [9.17, 15) is 4.39 Å². The highest BCUT2D eigenvalue weighted by molar-refractivity contribution is 4.89. The van der Waals surface area contributed by atoms with E-state index in [1.165, 1.54) is 0 Å². The van der Waals surface area contributed by atoms with E-state index >= 15 is 0 Å². The first kappa shape index (κ1) is 7.04. The standard InChI is InChI=1S/C8H15F/c1-6-4-7(2)8(3,9)5-6/h6-7H,4-5H2,1-3H3. The Morgan fingerprint density at radius 1 is 1.44 bits per heavy atom. The third-order valence-electron chi connectivity index (χ3n) is 2.53. The molecule has 0 bridgehead atoms. The van der Waals surface area contributed by atoms with Crippen LogP contribution in [0.3, 0.4) is 0 Å². The van der Waals surface area contributed by atoms with Crippen LogP contribution in [0.4, 0.5) is 4.39 Å². The van der Waals surface area contributed by atoms with Crippen LogP contribution in [0.5, 0.6) is 0 Å². The topological polar surface area (TPSA) is 0 Å². The molecule has 0 nitrogen and oxygen atoms in total. The molecule has 1 aliphatic carbocycles. The van der Waals surface area contributed by atoms with Gasteiger partial charge < -0.3 is 0 Å². The fraction of sp³-hybridized carbons (Fsp3) is 1.00. The van der Waals surface area contributed by atoms with Gasteiger partial charge >= 0.3 is 0 Å². The predicted molar refractivity (Wildman–Crippen MR) is 37.1 cm³/mol. The summed E-state index contributed by atoms with van der Waals surface area (Å²) in [5, 5.41) is 0. The van der Waals surface area contributed by atoms with Crippen molar-refractivity contribution in [2.24, 2.45) is 11.8 Å². The van der Waals surface area contributed by atoms with Crippen molar-refractivity contribution in [3.8, 4) is 0 Å². The molecule has 0 saturated heterocycles. The zero-order valence-electron chi connectivity index (χ0n) is 6.45. The average molecular weight is 130 g/mol. The SMILES string of the molecule is CC1CC(C)C(C)(F)C1. The van der Waals surface area contributed by atoms with Gasteiger partial charge in [0.1, 0.15) is 5.67 Å². The highest BCUT2D eigenvalue weighted by Gasteiger charge is 2.39. The second kappa shape index (κ2) is 1.96. The first-order chi connectivity index (χ1) is 4.02. The van der Waals surface area contributed by atoms with Crippen LogP contribution < -0.4 is 0 Å². The van der Waals surface area contributed by atoms with Gasteiger partial charge in [-0.25, -0.2) is 4.39 Å². The van der Waals surface area contributed by atoms with Crippen molar-refractivity contribution in [2.45, 2.75) is 39.3 Å². The van der Waals surface area contributed by atoms with Crippen molar-refractivity contribution in [3.05, 3.63) is 0 Å². The van der Waals surface area contributed by atoms with Gasteiger partial charge in [0.25, 0.3) is 0 Å². The molecule has 1 saturated carbocycles. The molecule has 0 aliphatic heterocycles. The molecule has 9 heavy (non-hydrogen) atoms. The van der Waals surface area contributed by atoms with Gasteiger partial charge in [0.15, 0.2) is 0 Å². The maximum atomic E-state index is 13.3. The summed E-state index contributed by atoms with van der Waals surface area (Å²) in [6.07, 6.45) is 1.82. The first-order valence-corrected chi connectivity index (χ1v) is 3.71. The van der Waals surface area contributed by atoms with E-state index in [1.807, 2.05) is 6.92 Å². The van der Waals surface area contributed by atoms with Crippen LogP contribution >= 0.6 is 0 Å². The molecule has 0 aromatic heterocycles. The number of halogens is 1. The molecule has 0 radical (unpaired) electrons. The lowest BCUT2D eigenvalue weighted by atomic mass is 9.97. The van der Waals surface area contributed by atoms with Gasteiger partial charge in [0.2, 0.25) is 0 Å². The van der Waals surface area contributed by atoms with Gasteiger partial charge in [-0.3, -0.25) is 0 Å². The van der Waals surface area contributed by atoms with Crippen molar-refractivity contribution in [3.63, 3.8) is 0 Å². The summed E-state index contributed by atoms with van der Waals surface area (Å²) in [6, 6.07) is 0. The van der Waals surface area contributed by atoms with Crippen molar-refractivity contribution < 1.29 is 4.39 Å². The third kappa shape index (κ3) is 1.25. The van der Waals surface area contributed by atoms with E-state index in [0.29, 0.717) is 5.92 Å². The summed E-state index contributed by atoms with van der Waals surface area (Å²) in [5.74, 6) is 0.863. The van der Waals surface area contributed by atoms with E-state index < -0.39 is 5.67 Å². The van der Waals surface area contributed by atoms with Crippen LogP contribution in [0.25, 0.3) is 0 Å². The molecule has 1 aliphatic rings. The minimum atomic E-state index is -0.876. The fourth-order valence-electron chi connectivity index (χ4n) is 1.82. The first-order valence-electron chi connectivity index (χ1n) is 3.71. The molecule has 54 valence electrons. The Labute approximate surface area is 56.5 Å². The number of rotatable bonds is 0. The molecule has 1 rings (SSSR count). The summed E-state index contributed by atoms with van der Waals surface area (Å²) >= 11 is 0. The Bertz CT molecular complexity index is 107. The molecule has 0 aromatic carbocycles. The van der Waals surface area contributed by atoms with Crippen LogP contribution in [0.2, 0.25) is 0 Å². The fourth-order valence-corrected chi connectivity index (χ4v) is 1.82. The molecular formula is C8H15F. The maximum Gasteiger partial charge on any atom is 0.111 e. The number of alkyl halides is 1.